The molecule has 1 aromatic heterocycles. The van der Waals surface area contributed by atoms with Crippen LogP contribution in [0.5, 0.6) is 0 Å². The lowest BCUT2D eigenvalue weighted by molar-refractivity contribution is -0.149. The number of carbonyl (C=O) groups excluding carboxylic acids is 1. The first-order chi connectivity index (χ1) is 13.2. The van der Waals surface area contributed by atoms with Crippen molar-refractivity contribution in [2.45, 2.75) is 32.5 Å². The molecule has 0 bridgehead atoms. The molecule has 1 unspecified atom stereocenters. The van der Waals surface area contributed by atoms with E-state index < -0.39 is 18.0 Å². The normalized spacial score (nSPS) is 18.4. The molecule has 0 aliphatic carbocycles. The minimum absolute atomic E-state index is 0.0676. The van der Waals surface area contributed by atoms with Crippen LogP contribution in [0.3, 0.4) is 0 Å². The molecule has 3 heterocycles. The summed E-state index contributed by atoms with van der Waals surface area (Å²) in [5.74, 6) is -0.299. The first kappa shape index (κ1) is 22.3. The molecular weight excluding hydrogens is 418 g/mol. The smallest absolute Gasteiger partial charge is 0.409 e. The number of nitrogens with zero attached hydrogens (tertiary/aromatic N) is 2. The third-order valence-corrected chi connectivity index (χ3v) is 4.53. The van der Waals surface area contributed by atoms with E-state index in [1.165, 1.54) is 31.7 Å². The fraction of sp³-hybridized carbons (Fsp3) is 0.333. The maximum absolute atomic E-state index is 13.1. The van der Waals surface area contributed by atoms with Crippen LogP contribution >= 0.6 is 23.2 Å². The number of methoxy groups -OCH3 is 1. The quantitative estimate of drug-likeness (QED) is 0.749. The minimum atomic E-state index is -4.52. The molecule has 0 saturated carbocycles. The van der Waals surface area contributed by atoms with Crippen molar-refractivity contribution in [2.75, 3.05) is 7.11 Å². The Morgan fingerprint density at radius 1 is 1.25 bits per heavy atom. The number of allylic oxidation sites excluding steroid dienone is 3. The number of nitrogens with one attached hydrogen (secondary N) is 1. The second-order valence-corrected chi connectivity index (χ2v) is 6.32. The van der Waals surface area contributed by atoms with Crippen LogP contribution in [0.2, 0.25) is 10.0 Å². The summed E-state index contributed by atoms with van der Waals surface area (Å²) in [7, 11) is 1.32. The summed E-state index contributed by atoms with van der Waals surface area (Å²) in [6, 6.07) is -1.93. The number of halogens is 5. The van der Waals surface area contributed by atoms with E-state index in [0.29, 0.717) is 5.56 Å². The van der Waals surface area contributed by atoms with E-state index in [-0.39, 0.29) is 33.6 Å². The Morgan fingerprint density at radius 3 is 2.39 bits per heavy atom. The maximum atomic E-state index is 13.1. The zero-order valence-corrected chi connectivity index (χ0v) is 16.8. The molecular formula is C18H18Cl2F3N3O2. The molecule has 0 aromatic carbocycles. The molecule has 3 rings (SSSR count). The van der Waals surface area contributed by atoms with Gasteiger partial charge in [-0.25, -0.2) is 10.4 Å². The molecule has 0 spiro atoms. The van der Waals surface area contributed by atoms with Crippen LogP contribution in [0.1, 0.15) is 19.4 Å². The monoisotopic (exact) mass is 435 g/mol. The van der Waals surface area contributed by atoms with Crippen molar-refractivity contribution in [3.63, 3.8) is 0 Å². The molecule has 2 aliphatic heterocycles. The van der Waals surface area contributed by atoms with E-state index in [1.807, 2.05) is 13.8 Å². The number of rotatable bonds is 4. The zero-order chi connectivity index (χ0) is 21.1. The van der Waals surface area contributed by atoms with Gasteiger partial charge in [-0.1, -0.05) is 37.0 Å². The van der Waals surface area contributed by atoms with E-state index in [9.17, 15) is 18.0 Å². The van der Waals surface area contributed by atoms with Crippen LogP contribution in [0.25, 0.3) is 0 Å². The van der Waals surface area contributed by atoms with Crippen molar-refractivity contribution in [2.24, 2.45) is 0 Å². The van der Waals surface area contributed by atoms with Gasteiger partial charge in [0.2, 0.25) is 5.88 Å². The lowest BCUT2D eigenvalue weighted by Crippen LogP contribution is -2.45. The van der Waals surface area contributed by atoms with Crippen molar-refractivity contribution in [3.05, 3.63) is 63.4 Å². The van der Waals surface area contributed by atoms with Gasteiger partial charge in [0.25, 0.3) is 0 Å². The highest BCUT2D eigenvalue weighted by atomic mass is 35.5. The van der Waals surface area contributed by atoms with E-state index in [2.05, 4.69) is 10.4 Å². The van der Waals surface area contributed by atoms with Crippen molar-refractivity contribution in [1.29, 1.82) is 0 Å². The second kappa shape index (κ2) is 8.98. The van der Waals surface area contributed by atoms with Gasteiger partial charge in [-0.2, -0.15) is 13.2 Å². The molecule has 10 heteroatoms. The highest BCUT2D eigenvalue weighted by molar-refractivity contribution is 6.36. The number of carbonyl (C=O) groups is 1. The van der Waals surface area contributed by atoms with Crippen molar-refractivity contribution >= 4 is 29.0 Å². The van der Waals surface area contributed by atoms with Gasteiger partial charge in [-0.3, -0.25) is 9.78 Å². The van der Waals surface area contributed by atoms with Gasteiger partial charge in [0.05, 0.1) is 22.9 Å². The first-order valence-electron chi connectivity index (χ1n) is 8.34. The second-order valence-electron chi connectivity index (χ2n) is 5.51. The van der Waals surface area contributed by atoms with Gasteiger partial charge in [-0.15, -0.1) is 0 Å². The molecule has 5 nitrogen and oxygen atoms in total. The number of pyridine rings is 1. The first-order valence-corrected chi connectivity index (χ1v) is 9.10. The van der Waals surface area contributed by atoms with Gasteiger partial charge < -0.3 is 4.74 Å². The molecule has 28 heavy (non-hydrogen) atoms. The summed E-state index contributed by atoms with van der Waals surface area (Å²) in [4.78, 5) is 16.5. The van der Waals surface area contributed by atoms with Crippen LogP contribution < -0.4 is 5.43 Å². The molecule has 0 fully saturated rings. The van der Waals surface area contributed by atoms with E-state index in [0.717, 1.165) is 11.1 Å². The molecule has 1 atom stereocenters. The number of ketones is 1. The zero-order valence-electron chi connectivity index (χ0n) is 15.3. The summed E-state index contributed by atoms with van der Waals surface area (Å²) in [6.07, 6.45) is 1.75. The SMILES string of the molecule is CC.COC1=CC=C(C(=O)Cc2c(Cl)cncc2Cl)C2=CC(C(F)(F)F)NN12. The Hall–Kier alpha value is -2.03. The molecule has 152 valence electrons. The Labute approximate surface area is 170 Å². The number of fused-ring (bicyclic) bond motifs is 1. The summed E-state index contributed by atoms with van der Waals surface area (Å²) in [6.45, 7) is 4.00. The van der Waals surface area contributed by atoms with E-state index >= 15 is 0 Å². The van der Waals surface area contributed by atoms with Crippen LogP contribution in [-0.4, -0.2) is 35.1 Å². The number of aromatic nitrogens is 1. The lowest BCUT2D eigenvalue weighted by Gasteiger charge is -2.28. The fourth-order valence-electron chi connectivity index (χ4n) is 2.61. The number of hydrogen-bond acceptors (Lipinski definition) is 5. The average Bonchev–Trinajstić information content (AvgIpc) is 3.11. The number of hydrazine groups is 1. The van der Waals surface area contributed by atoms with Crippen LogP contribution in [0.4, 0.5) is 13.2 Å². The highest BCUT2D eigenvalue weighted by Gasteiger charge is 2.46. The summed E-state index contributed by atoms with van der Waals surface area (Å²) in [5.41, 5.74) is 2.79. The molecule has 0 radical (unpaired) electrons. The van der Waals surface area contributed by atoms with Crippen LogP contribution in [-0.2, 0) is 16.0 Å². The summed E-state index contributed by atoms with van der Waals surface area (Å²) < 4.78 is 44.3. The number of alkyl halides is 3. The predicted molar refractivity (Wildman–Crippen MR) is 100 cm³/mol. The van der Waals surface area contributed by atoms with Gasteiger partial charge in [-0.05, 0) is 12.2 Å². The Morgan fingerprint density at radius 2 is 1.86 bits per heavy atom. The Balaban J connectivity index is 0.00000136. The Kier molecular flexibility index (Phi) is 7.14. The summed E-state index contributed by atoms with van der Waals surface area (Å²) >= 11 is 12.0. The molecule has 0 amide bonds. The largest absolute Gasteiger partial charge is 0.481 e. The third kappa shape index (κ3) is 4.51. The topological polar surface area (TPSA) is 54.5 Å². The Bertz CT molecular complexity index is 831. The average molecular weight is 436 g/mol. The third-order valence-electron chi connectivity index (χ3n) is 3.87. The van der Waals surface area contributed by atoms with Gasteiger partial charge in [0, 0.05) is 36.0 Å². The molecule has 0 saturated heterocycles. The van der Waals surface area contributed by atoms with Crippen LogP contribution in [0, 0.1) is 0 Å². The fourth-order valence-corrected chi connectivity index (χ4v) is 3.11. The van der Waals surface area contributed by atoms with E-state index in [1.54, 1.807) is 0 Å². The highest BCUT2D eigenvalue weighted by Crippen LogP contribution is 2.35. The number of ether oxygens (including phenoxy) is 1. The summed E-state index contributed by atoms with van der Waals surface area (Å²) in [5, 5.41) is 1.51. The minimum Gasteiger partial charge on any atom is -0.481 e. The number of hydrogen-bond donors (Lipinski definition) is 1. The lowest BCUT2D eigenvalue weighted by atomic mass is 9.98. The molecule has 2 aliphatic rings. The number of Topliss-reactive ketones (excluding diaryl/α,β-unsaturated/α-hetero) is 1. The van der Waals surface area contributed by atoms with Crippen molar-refractivity contribution in [1.82, 2.24) is 15.4 Å². The van der Waals surface area contributed by atoms with Crippen LogP contribution in [0.15, 0.2) is 47.8 Å². The standard InChI is InChI=1S/C16H12Cl2F3N3O2.C2H6/c1-26-15-3-2-8(12-5-14(16(19,20)21)23-24(12)15)13(25)4-9-10(17)6-22-7-11(9)18;1-2/h2-3,5-7,14,23H,4H2,1H3;1-2H3. The van der Waals surface area contributed by atoms with E-state index in [4.69, 9.17) is 27.9 Å². The molecule has 1 N–H and O–H groups in total. The van der Waals surface area contributed by atoms with Crippen molar-refractivity contribution < 1.29 is 22.7 Å². The maximum Gasteiger partial charge on any atom is 0.409 e. The van der Waals surface area contributed by atoms with Gasteiger partial charge in [0.15, 0.2) is 5.78 Å². The molecule has 1 aromatic rings. The van der Waals surface area contributed by atoms with Crippen molar-refractivity contribution in [3.8, 4) is 0 Å². The van der Waals surface area contributed by atoms with Gasteiger partial charge >= 0.3 is 6.18 Å². The van der Waals surface area contributed by atoms with Gasteiger partial charge in [0.1, 0.15) is 6.04 Å². The predicted octanol–water partition coefficient (Wildman–Crippen LogP) is 4.59.